The number of nitrogens with zero attached hydrogens (tertiary/aromatic N) is 2. The van der Waals surface area contributed by atoms with Crippen LogP contribution >= 0.6 is 11.8 Å². The van der Waals surface area contributed by atoms with E-state index in [1.807, 2.05) is 35.2 Å². The second-order valence-corrected chi connectivity index (χ2v) is 11.1. The summed E-state index contributed by atoms with van der Waals surface area (Å²) in [7, 11) is 0. The van der Waals surface area contributed by atoms with Crippen LogP contribution in [0.15, 0.2) is 82.6 Å². The van der Waals surface area contributed by atoms with Crippen LogP contribution in [0.4, 0.5) is 35.0 Å². The van der Waals surface area contributed by atoms with Crippen LogP contribution in [0.5, 0.6) is 0 Å². The van der Waals surface area contributed by atoms with Crippen LogP contribution in [0.2, 0.25) is 0 Å². The average Bonchev–Trinajstić information content (AvgIpc) is 2.93. The summed E-state index contributed by atoms with van der Waals surface area (Å²) in [6.07, 6.45) is -3.61. The molecule has 10 heteroatoms. The summed E-state index contributed by atoms with van der Waals surface area (Å²) in [5, 5.41) is 2.68. The fourth-order valence-corrected chi connectivity index (χ4v) is 6.28. The molecule has 5 rings (SSSR count). The van der Waals surface area contributed by atoms with Gasteiger partial charge in [-0.2, -0.15) is 13.2 Å². The lowest BCUT2D eigenvalue weighted by atomic mass is 9.87. The number of Topliss-reactive ketones (excluding diaryl/α,β-unsaturated/α-hetero) is 1. The Kier molecular flexibility index (Phi) is 8.09. The predicted molar refractivity (Wildman–Crippen MR) is 149 cm³/mol. The molecule has 210 valence electrons. The molecule has 0 spiro atoms. The average molecular weight is 570 g/mol. The highest BCUT2D eigenvalue weighted by Crippen LogP contribution is 2.49. The van der Waals surface area contributed by atoms with Crippen molar-refractivity contribution in [2.24, 2.45) is 0 Å². The number of likely N-dealkylation sites (tertiary alicyclic amines) is 1. The number of piperidine rings is 1. The lowest BCUT2D eigenvalue weighted by molar-refractivity contribution is -0.139. The molecular formula is C30H30F3N3O3S. The van der Waals surface area contributed by atoms with Crippen LogP contribution < -0.4 is 10.2 Å². The minimum Gasteiger partial charge on any atom is -0.435 e. The fourth-order valence-electron chi connectivity index (χ4n) is 5.21. The summed E-state index contributed by atoms with van der Waals surface area (Å²) in [6.45, 7) is 3.82. The van der Waals surface area contributed by atoms with Crippen LogP contribution in [-0.2, 0) is 15.7 Å². The van der Waals surface area contributed by atoms with Crippen molar-refractivity contribution in [2.45, 2.75) is 47.8 Å². The number of hydrogen-bond acceptors (Lipinski definition) is 6. The molecule has 2 heterocycles. The highest BCUT2D eigenvalue weighted by molar-refractivity contribution is 7.99. The number of ether oxygens (including phenoxy) is 1. The third-order valence-corrected chi connectivity index (χ3v) is 8.55. The van der Waals surface area contributed by atoms with Crippen molar-refractivity contribution in [1.29, 1.82) is 0 Å². The number of ketones is 1. The first-order valence-electron chi connectivity index (χ1n) is 13.2. The number of anilines is 3. The third-order valence-electron chi connectivity index (χ3n) is 7.42. The van der Waals surface area contributed by atoms with Crippen molar-refractivity contribution >= 4 is 40.7 Å². The molecule has 1 N–H and O–H groups in total. The number of halogens is 3. The summed E-state index contributed by atoms with van der Waals surface area (Å²) in [5.41, 5.74) is 0.206. The summed E-state index contributed by atoms with van der Waals surface area (Å²) in [6, 6.07) is 20.6. The van der Waals surface area contributed by atoms with Gasteiger partial charge in [0.1, 0.15) is 0 Å². The van der Waals surface area contributed by atoms with Gasteiger partial charge in [0, 0.05) is 48.0 Å². The zero-order chi connectivity index (χ0) is 28.3. The summed E-state index contributed by atoms with van der Waals surface area (Å²) < 4.78 is 46.2. The van der Waals surface area contributed by atoms with Crippen LogP contribution in [-0.4, -0.2) is 48.6 Å². The number of alkyl halides is 3. The SMILES string of the molecule is CC(=O)C1(OC(=O)Nc2ccccc2)CCN(CCCN2c3ccccc3Sc3ccc(C(F)(F)F)cc32)CC1. The molecule has 0 atom stereocenters. The van der Waals surface area contributed by atoms with Crippen molar-refractivity contribution < 1.29 is 27.5 Å². The molecule has 40 heavy (non-hydrogen) atoms. The first kappa shape index (κ1) is 28.0. The molecule has 0 unspecified atom stereocenters. The van der Waals surface area contributed by atoms with E-state index in [0.717, 1.165) is 21.5 Å². The van der Waals surface area contributed by atoms with E-state index in [0.29, 0.717) is 56.8 Å². The minimum absolute atomic E-state index is 0.185. The van der Waals surface area contributed by atoms with Crippen LogP contribution in [0, 0.1) is 0 Å². The van der Waals surface area contributed by atoms with Gasteiger partial charge in [-0.1, -0.05) is 42.1 Å². The highest BCUT2D eigenvalue weighted by Gasteiger charge is 2.42. The molecule has 6 nitrogen and oxygen atoms in total. The van der Waals surface area contributed by atoms with Crippen LogP contribution in [0.1, 0.15) is 31.7 Å². The van der Waals surface area contributed by atoms with Gasteiger partial charge in [0.15, 0.2) is 11.4 Å². The first-order chi connectivity index (χ1) is 19.1. The summed E-state index contributed by atoms with van der Waals surface area (Å²) in [5.74, 6) is -0.185. The van der Waals surface area contributed by atoms with Crippen LogP contribution in [0.3, 0.4) is 0 Å². The number of rotatable bonds is 7. The maximum Gasteiger partial charge on any atom is 0.416 e. The maximum absolute atomic E-state index is 13.5. The number of nitrogens with one attached hydrogen (secondary N) is 1. The van der Waals surface area contributed by atoms with E-state index in [9.17, 15) is 22.8 Å². The summed E-state index contributed by atoms with van der Waals surface area (Å²) in [4.78, 5) is 31.1. The van der Waals surface area contributed by atoms with Crippen molar-refractivity contribution in [1.82, 2.24) is 4.90 Å². The van der Waals surface area contributed by atoms with Crippen molar-refractivity contribution in [2.75, 3.05) is 36.4 Å². The van der Waals surface area contributed by atoms with Crippen LogP contribution in [0.25, 0.3) is 0 Å². The Morgan fingerprint density at radius 2 is 1.60 bits per heavy atom. The van der Waals surface area contributed by atoms with E-state index in [-0.39, 0.29) is 5.78 Å². The monoisotopic (exact) mass is 569 g/mol. The molecule has 0 aliphatic carbocycles. The van der Waals surface area contributed by atoms with Gasteiger partial charge in [-0.25, -0.2) is 4.79 Å². The molecule has 3 aromatic rings. The van der Waals surface area contributed by atoms with Gasteiger partial charge in [-0.15, -0.1) is 0 Å². The standard InChI is InChI=1S/C30H30F3N3O3S/c1-21(37)29(39-28(38)34-23-8-3-2-4-9-23)14-18-35(19-15-29)16-7-17-36-24-10-5-6-11-26(24)40-27-13-12-22(20-25(27)36)30(31,32)33/h2-6,8-13,20H,7,14-19H2,1H3,(H,34,38). The topological polar surface area (TPSA) is 61.9 Å². The Hall–Kier alpha value is -3.50. The van der Waals surface area contributed by atoms with Gasteiger partial charge in [0.25, 0.3) is 0 Å². The molecule has 3 aromatic carbocycles. The number of para-hydroxylation sites is 2. The Morgan fingerprint density at radius 1 is 0.925 bits per heavy atom. The fraction of sp³-hybridized carbons (Fsp3) is 0.333. The highest BCUT2D eigenvalue weighted by atomic mass is 32.2. The van der Waals surface area contributed by atoms with E-state index in [1.165, 1.54) is 24.8 Å². The molecule has 1 fully saturated rings. The molecular weight excluding hydrogens is 539 g/mol. The molecule has 0 aromatic heterocycles. The Morgan fingerprint density at radius 3 is 2.30 bits per heavy atom. The smallest absolute Gasteiger partial charge is 0.416 e. The van der Waals surface area contributed by atoms with Gasteiger partial charge in [0.05, 0.1) is 16.9 Å². The van der Waals surface area contributed by atoms with E-state index in [4.69, 9.17) is 4.74 Å². The van der Waals surface area contributed by atoms with Gasteiger partial charge in [-0.3, -0.25) is 10.1 Å². The van der Waals surface area contributed by atoms with Crippen molar-refractivity contribution in [3.8, 4) is 0 Å². The molecule has 0 radical (unpaired) electrons. The molecule has 1 saturated heterocycles. The van der Waals surface area contributed by atoms with E-state index in [1.54, 1.807) is 30.3 Å². The number of carbonyl (C=O) groups is 2. The lowest BCUT2D eigenvalue weighted by Crippen LogP contribution is -2.52. The minimum atomic E-state index is -4.42. The van der Waals surface area contributed by atoms with E-state index in [2.05, 4.69) is 10.2 Å². The normalized spacial score (nSPS) is 16.6. The second-order valence-electron chi connectivity index (χ2n) is 10.0. The molecule has 0 bridgehead atoms. The zero-order valence-electron chi connectivity index (χ0n) is 22.0. The first-order valence-corrected chi connectivity index (χ1v) is 14.0. The molecule has 0 saturated carbocycles. The van der Waals surface area contributed by atoms with Gasteiger partial charge in [-0.05, 0) is 62.4 Å². The Balaban J connectivity index is 1.21. The number of carbonyl (C=O) groups excluding carboxylic acids is 2. The lowest BCUT2D eigenvalue weighted by Gasteiger charge is -2.40. The third kappa shape index (κ3) is 6.13. The predicted octanol–water partition coefficient (Wildman–Crippen LogP) is 7.37. The van der Waals surface area contributed by atoms with E-state index >= 15 is 0 Å². The van der Waals surface area contributed by atoms with Gasteiger partial charge >= 0.3 is 12.3 Å². The number of amides is 1. The molecule has 1 amide bonds. The largest absolute Gasteiger partial charge is 0.435 e. The summed E-state index contributed by atoms with van der Waals surface area (Å²) >= 11 is 1.48. The maximum atomic E-state index is 13.5. The van der Waals surface area contributed by atoms with Crippen molar-refractivity contribution in [3.63, 3.8) is 0 Å². The Bertz CT molecular complexity index is 1380. The number of benzene rings is 3. The number of hydrogen-bond donors (Lipinski definition) is 1. The number of fused-ring (bicyclic) bond motifs is 2. The second kappa shape index (κ2) is 11.5. The van der Waals surface area contributed by atoms with Crippen molar-refractivity contribution in [3.05, 3.63) is 78.4 Å². The zero-order valence-corrected chi connectivity index (χ0v) is 22.9. The van der Waals surface area contributed by atoms with Gasteiger partial charge < -0.3 is 14.5 Å². The molecule has 2 aliphatic heterocycles. The van der Waals surface area contributed by atoms with E-state index < -0.39 is 23.4 Å². The molecule has 2 aliphatic rings. The van der Waals surface area contributed by atoms with Gasteiger partial charge in [0.2, 0.25) is 0 Å². The quantitative estimate of drug-likeness (QED) is 0.321. The Labute approximate surface area is 235 Å².